The number of benzene rings is 2. The molecule has 4 nitrogen and oxygen atoms in total. The Hall–Kier alpha value is -3.37. The summed E-state index contributed by atoms with van der Waals surface area (Å²) in [5.74, 6) is -0.141. The highest BCUT2D eigenvalue weighted by atomic mass is 16.5. The molecule has 2 aliphatic rings. The van der Waals surface area contributed by atoms with Crippen molar-refractivity contribution < 1.29 is 9.53 Å². The van der Waals surface area contributed by atoms with Crippen LogP contribution in [-0.2, 0) is 22.5 Å². The van der Waals surface area contributed by atoms with Gasteiger partial charge in [-0.3, -0.25) is 14.8 Å². The molecule has 2 heterocycles. The maximum absolute atomic E-state index is 13.5. The van der Waals surface area contributed by atoms with Gasteiger partial charge in [0.1, 0.15) is 0 Å². The van der Waals surface area contributed by atoms with Crippen molar-refractivity contribution in [2.75, 3.05) is 13.7 Å². The summed E-state index contributed by atoms with van der Waals surface area (Å²) in [5, 5.41) is 0. The van der Waals surface area contributed by atoms with Gasteiger partial charge in [0.25, 0.3) is 0 Å². The first-order valence-electron chi connectivity index (χ1n) is 10.6. The highest BCUT2D eigenvalue weighted by Gasteiger charge is 2.29. The Morgan fingerprint density at radius 3 is 2.71 bits per heavy atom. The summed E-state index contributed by atoms with van der Waals surface area (Å²) in [7, 11) is 1.65. The lowest BCUT2D eigenvalue weighted by atomic mass is 9.89. The summed E-state index contributed by atoms with van der Waals surface area (Å²) in [6.45, 7) is 3.11. The fraction of sp³-hybridized carbons (Fsp3) is 0.222. The molecule has 1 aliphatic heterocycles. The van der Waals surface area contributed by atoms with E-state index in [-0.39, 0.29) is 11.7 Å². The van der Waals surface area contributed by atoms with Gasteiger partial charge in [0.15, 0.2) is 5.78 Å². The van der Waals surface area contributed by atoms with Crippen LogP contribution in [0.4, 0.5) is 0 Å². The highest BCUT2D eigenvalue weighted by Crippen LogP contribution is 2.34. The molecule has 3 aromatic rings. The van der Waals surface area contributed by atoms with Crippen LogP contribution in [0.5, 0.6) is 0 Å². The first-order chi connectivity index (χ1) is 15.1. The quantitative estimate of drug-likeness (QED) is 0.595. The van der Waals surface area contributed by atoms with Gasteiger partial charge in [-0.1, -0.05) is 35.9 Å². The minimum absolute atomic E-state index is 0.145. The lowest BCUT2D eigenvalue weighted by Crippen LogP contribution is -2.19. The fourth-order valence-electron chi connectivity index (χ4n) is 4.56. The van der Waals surface area contributed by atoms with Crippen molar-refractivity contribution in [3.63, 3.8) is 0 Å². The Kier molecular flexibility index (Phi) is 5.08. The number of fused-ring (bicyclic) bond motifs is 2. The molecule has 0 spiro atoms. The number of nitrogens with zero attached hydrogens (tertiary/aromatic N) is 2. The van der Waals surface area contributed by atoms with Crippen LogP contribution in [0.15, 0.2) is 71.5 Å². The number of hydrogen-bond donors (Lipinski definition) is 0. The summed E-state index contributed by atoms with van der Waals surface area (Å²) in [5.41, 5.74) is 9.79. The van der Waals surface area contributed by atoms with E-state index in [1.807, 2.05) is 37.3 Å². The van der Waals surface area contributed by atoms with E-state index < -0.39 is 0 Å². The van der Waals surface area contributed by atoms with E-state index in [0.29, 0.717) is 19.6 Å². The van der Waals surface area contributed by atoms with Crippen molar-refractivity contribution in [1.82, 2.24) is 4.98 Å². The molecule has 0 fully saturated rings. The number of methoxy groups -OCH3 is 1. The van der Waals surface area contributed by atoms with Crippen LogP contribution in [0.2, 0.25) is 0 Å². The van der Waals surface area contributed by atoms with E-state index in [1.54, 1.807) is 19.5 Å². The van der Waals surface area contributed by atoms with Crippen molar-refractivity contribution in [3.05, 3.63) is 105 Å². The van der Waals surface area contributed by atoms with Crippen LogP contribution in [0, 0.1) is 6.92 Å². The van der Waals surface area contributed by atoms with Gasteiger partial charge < -0.3 is 4.74 Å². The molecule has 4 heteroatoms. The molecule has 0 amide bonds. The van der Waals surface area contributed by atoms with E-state index in [4.69, 9.17) is 9.73 Å². The van der Waals surface area contributed by atoms with Crippen LogP contribution in [-0.4, -0.2) is 30.2 Å². The van der Waals surface area contributed by atoms with E-state index in [1.165, 1.54) is 11.1 Å². The molecule has 0 radical (unpaired) electrons. The summed E-state index contributed by atoms with van der Waals surface area (Å²) in [4.78, 5) is 22.3. The smallest absolute Gasteiger partial charge is 0.168 e. The van der Waals surface area contributed by atoms with Crippen LogP contribution >= 0.6 is 0 Å². The van der Waals surface area contributed by atoms with Crippen LogP contribution in [0.3, 0.4) is 0 Å². The Morgan fingerprint density at radius 1 is 1.10 bits per heavy atom. The van der Waals surface area contributed by atoms with Crippen LogP contribution < -0.4 is 0 Å². The van der Waals surface area contributed by atoms with Gasteiger partial charge in [0.2, 0.25) is 0 Å². The molecule has 0 saturated heterocycles. The number of ether oxygens (including phenoxy) is 1. The molecule has 1 aliphatic carbocycles. The first-order valence-corrected chi connectivity index (χ1v) is 10.6. The van der Waals surface area contributed by atoms with Gasteiger partial charge in [-0.15, -0.1) is 0 Å². The van der Waals surface area contributed by atoms with Gasteiger partial charge in [0, 0.05) is 42.6 Å². The van der Waals surface area contributed by atoms with Crippen molar-refractivity contribution in [1.29, 1.82) is 0 Å². The molecule has 0 unspecified atom stereocenters. The number of aromatic nitrogens is 1. The minimum atomic E-state index is -0.286. The fourth-order valence-corrected chi connectivity index (χ4v) is 4.56. The largest absolute Gasteiger partial charge is 0.384 e. The Labute approximate surface area is 182 Å². The number of pyridine rings is 1. The number of ketones is 1. The Morgan fingerprint density at radius 2 is 1.94 bits per heavy atom. The van der Waals surface area contributed by atoms with Gasteiger partial charge in [-0.25, -0.2) is 0 Å². The first kappa shape index (κ1) is 19.6. The minimum Gasteiger partial charge on any atom is -0.384 e. The topological polar surface area (TPSA) is 51.5 Å². The number of aliphatic imine (C=N–C) groups is 1. The summed E-state index contributed by atoms with van der Waals surface area (Å²) in [6, 6.07) is 16.5. The molecule has 0 N–H and O–H groups in total. The molecule has 1 atom stereocenters. The standard InChI is InChI=1S/C27H24N2O2/c1-17-4-3-5-19(10-17)25(16-31-2)27(30)22-11-20-13-23-15-29-26(18-6-8-28-9-7-18)24(23)14-21(20)12-22/h3-10,12-14,25H,11,15-16H2,1-2H3/t25-/m1/s1. The van der Waals surface area contributed by atoms with Crippen molar-refractivity contribution in [2.45, 2.75) is 25.8 Å². The summed E-state index contributed by atoms with van der Waals surface area (Å²) >= 11 is 0. The third-order valence-electron chi connectivity index (χ3n) is 6.10. The number of hydrogen-bond acceptors (Lipinski definition) is 4. The number of aryl methyl sites for hydroxylation is 1. The zero-order valence-corrected chi connectivity index (χ0v) is 17.8. The zero-order chi connectivity index (χ0) is 21.4. The van der Waals surface area contributed by atoms with Gasteiger partial charge >= 0.3 is 0 Å². The van der Waals surface area contributed by atoms with Gasteiger partial charge in [-0.2, -0.15) is 0 Å². The molecular weight excluding hydrogens is 384 g/mol. The summed E-state index contributed by atoms with van der Waals surface area (Å²) in [6.07, 6.45) is 6.30. The maximum Gasteiger partial charge on any atom is 0.168 e. The van der Waals surface area contributed by atoms with Crippen LogP contribution in [0.25, 0.3) is 6.08 Å². The highest BCUT2D eigenvalue weighted by molar-refractivity contribution is 6.15. The van der Waals surface area contributed by atoms with Gasteiger partial charge in [-0.05, 0) is 53.5 Å². The monoisotopic (exact) mass is 408 g/mol. The lowest BCUT2D eigenvalue weighted by molar-refractivity contribution is -0.118. The van der Waals surface area contributed by atoms with Crippen LogP contribution in [0.1, 0.15) is 44.9 Å². The third-order valence-corrected chi connectivity index (χ3v) is 6.10. The molecule has 0 saturated carbocycles. The molecule has 5 rings (SSSR count). The number of carbonyl (C=O) groups excluding carboxylic acids is 1. The summed E-state index contributed by atoms with van der Waals surface area (Å²) < 4.78 is 5.42. The maximum atomic E-state index is 13.5. The normalized spacial score (nSPS) is 15.2. The SMILES string of the molecule is COC[C@@H](C(=O)C1=Cc2cc3c(cc2C1)CN=C3c1ccncc1)c1cccc(C)c1. The average molecular weight is 409 g/mol. The molecule has 0 bridgehead atoms. The third kappa shape index (κ3) is 3.64. The lowest BCUT2D eigenvalue weighted by Gasteiger charge is -2.16. The number of carbonyl (C=O) groups is 1. The average Bonchev–Trinajstić information content (AvgIpc) is 3.39. The number of Topliss-reactive ketones (excluding diaryl/α,β-unsaturated/α-hetero) is 1. The molecule has 154 valence electrons. The predicted molar refractivity (Wildman–Crippen MR) is 123 cm³/mol. The predicted octanol–water partition coefficient (Wildman–Crippen LogP) is 4.68. The van der Waals surface area contributed by atoms with Gasteiger partial charge in [0.05, 0.1) is 24.8 Å². The van der Waals surface area contributed by atoms with Crippen molar-refractivity contribution in [3.8, 4) is 0 Å². The number of rotatable bonds is 6. The second-order valence-electron chi connectivity index (χ2n) is 8.24. The number of allylic oxidation sites excluding steroid dienone is 1. The zero-order valence-electron chi connectivity index (χ0n) is 17.8. The second-order valence-corrected chi connectivity index (χ2v) is 8.24. The van der Waals surface area contributed by atoms with Crippen molar-refractivity contribution in [2.24, 2.45) is 4.99 Å². The molecule has 31 heavy (non-hydrogen) atoms. The van der Waals surface area contributed by atoms with E-state index >= 15 is 0 Å². The Balaban J connectivity index is 1.46. The molecule has 2 aromatic carbocycles. The van der Waals surface area contributed by atoms with E-state index in [9.17, 15) is 4.79 Å². The second kappa shape index (κ2) is 8.05. The van der Waals surface area contributed by atoms with Crippen molar-refractivity contribution >= 4 is 17.6 Å². The molecular formula is C27H24N2O2. The van der Waals surface area contributed by atoms with E-state index in [0.717, 1.165) is 39.1 Å². The van der Waals surface area contributed by atoms with E-state index in [2.05, 4.69) is 29.3 Å². The Bertz CT molecular complexity index is 1230. The molecule has 1 aromatic heterocycles.